The van der Waals surface area contributed by atoms with Gasteiger partial charge in [0.25, 0.3) is 0 Å². The van der Waals surface area contributed by atoms with E-state index in [4.69, 9.17) is 9.52 Å². The summed E-state index contributed by atoms with van der Waals surface area (Å²) in [5, 5.41) is 9.10. The Balaban J connectivity index is 2.09. The largest absolute Gasteiger partial charge is 0.481 e. The predicted molar refractivity (Wildman–Crippen MR) is 88.2 cm³/mol. The van der Waals surface area contributed by atoms with Crippen molar-refractivity contribution in [1.29, 1.82) is 0 Å². The number of fused-ring (bicyclic) bond motifs is 1. The Morgan fingerprint density at radius 3 is 2.78 bits per heavy atom. The highest BCUT2D eigenvalue weighted by molar-refractivity contribution is 9.10. The van der Waals surface area contributed by atoms with Crippen molar-refractivity contribution in [2.75, 3.05) is 0 Å². The third-order valence-electron chi connectivity index (χ3n) is 3.20. The fourth-order valence-corrected chi connectivity index (χ4v) is 2.50. The number of para-hydroxylation sites is 2. The number of nitrogens with zero attached hydrogens (tertiary/aromatic N) is 1. The van der Waals surface area contributed by atoms with Crippen molar-refractivity contribution >= 4 is 44.6 Å². The zero-order chi connectivity index (χ0) is 16.4. The Labute approximate surface area is 139 Å². The van der Waals surface area contributed by atoms with Crippen molar-refractivity contribution in [3.05, 3.63) is 64.2 Å². The average Bonchev–Trinajstić information content (AvgIpc) is 2.92. The SMILES string of the molecule is O=C(O)C/C(=C\c1ccc(Br)cc1F)c1nc2ccccc2o1. The zero-order valence-electron chi connectivity index (χ0n) is 11.8. The maximum absolute atomic E-state index is 14.0. The Morgan fingerprint density at radius 1 is 1.30 bits per heavy atom. The molecule has 0 fully saturated rings. The maximum atomic E-state index is 14.0. The molecule has 0 spiro atoms. The normalized spacial score (nSPS) is 11.8. The van der Waals surface area contributed by atoms with Crippen LogP contribution in [0, 0.1) is 5.82 Å². The van der Waals surface area contributed by atoms with Gasteiger partial charge >= 0.3 is 5.97 Å². The van der Waals surface area contributed by atoms with Crippen molar-refractivity contribution in [2.45, 2.75) is 6.42 Å². The van der Waals surface area contributed by atoms with Gasteiger partial charge in [-0.2, -0.15) is 0 Å². The Morgan fingerprint density at radius 2 is 2.09 bits per heavy atom. The second kappa shape index (κ2) is 6.34. The van der Waals surface area contributed by atoms with Gasteiger partial charge in [0.05, 0.1) is 6.42 Å². The van der Waals surface area contributed by atoms with Crippen molar-refractivity contribution in [3.8, 4) is 0 Å². The molecular weight excluding hydrogens is 365 g/mol. The minimum absolute atomic E-state index is 0.177. The van der Waals surface area contributed by atoms with Crippen LogP contribution in [0.1, 0.15) is 17.9 Å². The van der Waals surface area contributed by atoms with Crippen LogP contribution in [0.15, 0.2) is 51.4 Å². The van der Waals surface area contributed by atoms with E-state index in [1.807, 2.05) is 6.07 Å². The van der Waals surface area contributed by atoms with Crippen molar-refractivity contribution < 1.29 is 18.7 Å². The zero-order valence-corrected chi connectivity index (χ0v) is 13.4. The number of aliphatic carboxylic acids is 1. The van der Waals surface area contributed by atoms with Gasteiger partial charge in [0.2, 0.25) is 5.89 Å². The fourth-order valence-electron chi connectivity index (χ4n) is 2.17. The highest BCUT2D eigenvalue weighted by Gasteiger charge is 2.15. The molecule has 23 heavy (non-hydrogen) atoms. The molecule has 1 N–H and O–H groups in total. The van der Waals surface area contributed by atoms with Gasteiger partial charge in [-0.15, -0.1) is 0 Å². The van der Waals surface area contributed by atoms with E-state index in [2.05, 4.69) is 20.9 Å². The molecule has 0 unspecified atom stereocenters. The summed E-state index contributed by atoms with van der Waals surface area (Å²) in [5.74, 6) is -1.33. The van der Waals surface area contributed by atoms with E-state index in [-0.39, 0.29) is 17.9 Å². The molecule has 0 aliphatic heterocycles. The first-order valence-electron chi connectivity index (χ1n) is 6.76. The number of carboxylic acid groups (broad SMARTS) is 1. The maximum Gasteiger partial charge on any atom is 0.308 e. The number of aromatic nitrogens is 1. The van der Waals surface area contributed by atoms with Gasteiger partial charge in [0.1, 0.15) is 11.3 Å². The summed E-state index contributed by atoms with van der Waals surface area (Å²) in [6, 6.07) is 11.7. The van der Waals surface area contributed by atoms with Gasteiger partial charge < -0.3 is 9.52 Å². The number of halogens is 2. The molecule has 0 aliphatic carbocycles. The molecule has 0 aliphatic rings. The highest BCUT2D eigenvalue weighted by Crippen LogP contribution is 2.26. The van der Waals surface area contributed by atoms with Crippen LogP contribution in [-0.4, -0.2) is 16.1 Å². The van der Waals surface area contributed by atoms with Crippen LogP contribution < -0.4 is 0 Å². The Kier molecular flexibility index (Phi) is 4.25. The summed E-state index contributed by atoms with van der Waals surface area (Å²) in [7, 11) is 0. The number of hydrogen-bond acceptors (Lipinski definition) is 3. The first-order valence-corrected chi connectivity index (χ1v) is 7.55. The molecule has 1 aromatic heterocycles. The lowest BCUT2D eigenvalue weighted by atomic mass is 10.1. The molecule has 4 nitrogen and oxygen atoms in total. The van der Waals surface area contributed by atoms with Crippen molar-refractivity contribution in [2.24, 2.45) is 0 Å². The van der Waals surface area contributed by atoms with Crippen LogP contribution in [0.5, 0.6) is 0 Å². The molecule has 3 aromatic rings. The summed E-state index contributed by atoms with van der Waals surface area (Å²) in [5.41, 5.74) is 1.74. The molecule has 116 valence electrons. The molecule has 2 aromatic carbocycles. The molecule has 0 saturated heterocycles. The van der Waals surface area contributed by atoms with E-state index in [1.165, 1.54) is 12.1 Å². The summed E-state index contributed by atoms with van der Waals surface area (Å²) in [6.07, 6.45) is 1.13. The van der Waals surface area contributed by atoms with E-state index in [0.29, 0.717) is 21.1 Å². The van der Waals surface area contributed by atoms with Crippen LogP contribution in [0.3, 0.4) is 0 Å². The summed E-state index contributed by atoms with van der Waals surface area (Å²) in [6.45, 7) is 0. The van der Waals surface area contributed by atoms with Crippen LogP contribution in [0.25, 0.3) is 22.7 Å². The molecule has 6 heteroatoms. The fraction of sp³-hybridized carbons (Fsp3) is 0.0588. The molecule has 0 radical (unpaired) electrons. The van der Waals surface area contributed by atoms with Crippen LogP contribution in [0.4, 0.5) is 4.39 Å². The second-order valence-corrected chi connectivity index (χ2v) is 5.81. The van der Waals surface area contributed by atoms with Crippen LogP contribution in [-0.2, 0) is 4.79 Å². The third kappa shape index (κ3) is 3.48. The predicted octanol–water partition coefficient (Wildman–Crippen LogP) is 4.74. The summed E-state index contributed by atoms with van der Waals surface area (Å²) < 4.78 is 20.2. The number of carboxylic acids is 1. The van der Waals surface area contributed by atoms with Gasteiger partial charge in [0, 0.05) is 15.6 Å². The van der Waals surface area contributed by atoms with Gasteiger partial charge in [-0.3, -0.25) is 4.79 Å². The second-order valence-electron chi connectivity index (χ2n) is 4.89. The van der Waals surface area contributed by atoms with Crippen LogP contribution in [0.2, 0.25) is 0 Å². The first-order chi connectivity index (χ1) is 11.0. The minimum atomic E-state index is -1.05. The monoisotopic (exact) mass is 375 g/mol. The number of oxazole rings is 1. The number of rotatable bonds is 4. The lowest BCUT2D eigenvalue weighted by molar-refractivity contribution is -0.135. The van der Waals surface area contributed by atoms with Crippen molar-refractivity contribution in [1.82, 2.24) is 4.98 Å². The molecule has 0 saturated carbocycles. The lowest BCUT2D eigenvalue weighted by Gasteiger charge is -2.02. The molecule has 0 amide bonds. The standard InChI is InChI=1S/C17H11BrFNO3/c18-12-6-5-10(13(19)9-12)7-11(8-16(21)22)17-20-14-3-1-2-4-15(14)23-17/h1-7,9H,8H2,(H,21,22)/b11-7+. The lowest BCUT2D eigenvalue weighted by Crippen LogP contribution is -1.98. The minimum Gasteiger partial charge on any atom is -0.481 e. The highest BCUT2D eigenvalue weighted by atomic mass is 79.9. The van der Waals surface area contributed by atoms with Gasteiger partial charge in [-0.1, -0.05) is 34.1 Å². The van der Waals surface area contributed by atoms with E-state index < -0.39 is 11.8 Å². The summed E-state index contributed by atoms with van der Waals surface area (Å²) in [4.78, 5) is 15.4. The van der Waals surface area contributed by atoms with E-state index in [0.717, 1.165) is 0 Å². The summed E-state index contributed by atoms with van der Waals surface area (Å²) >= 11 is 3.19. The molecule has 0 bridgehead atoms. The van der Waals surface area contributed by atoms with Gasteiger partial charge in [-0.05, 0) is 30.3 Å². The van der Waals surface area contributed by atoms with E-state index >= 15 is 0 Å². The third-order valence-corrected chi connectivity index (χ3v) is 3.70. The Bertz CT molecular complexity index is 884. The van der Waals surface area contributed by atoms with Crippen molar-refractivity contribution in [3.63, 3.8) is 0 Å². The molecule has 1 heterocycles. The average molecular weight is 376 g/mol. The van der Waals surface area contributed by atoms with E-state index in [1.54, 1.807) is 30.3 Å². The molecule has 3 rings (SSSR count). The Hall–Kier alpha value is -2.47. The number of benzene rings is 2. The molecule has 0 atom stereocenters. The first kappa shape index (κ1) is 15.4. The number of hydrogen-bond donors (Lipinski definition) is 1. The topological polar surface area (TPSA) is 63.3 Å². The van der Waals surface area contributed by atoms with Crippen LogP contribution >= 0.6 is 15.9 Å². The molecular formula is C17H11BrFNO3. The van der Waals surface area contributed by atoms with Gasteiger partial charge in [0.15, 0.2) is 5.58 Å². The number of carbonyl (C=O) groups is 1. The quantitative estimate of drug-likeness (QED) is 0.714. The van der Waals surface area contributed by atoms with E-state index in [9.17, 15) is 9.18 Å². The van der Waals surface area contributed by atoms with Gasteiger partial charge in [-0.25, -0.2) is 9.37 Å². The smallest absolute Gasteiger partial charge is 0.308 e.